The summed E-state index contributed by atoms with van der Waals surface area (Å²) in [4.78, 5) is 16.4. The fourth-order valence-electron chi connectivity index (χ4n) is 3.38. The van der Waals surface area contributed by atoms with Gasteiger partial charge in [-0.15, -0.1) is 11.3 Å². The van der Waals surface area contributed by atoms with Gasteiger partial charge in [0.25, 0.3) is 0 Å². The molecule has 2 atom stereocenters. The summed E-state index contributed by atoms with van der Waals surface area (Å²) in [6.45, 7) is 3.89. The highest BCUT2D eigenvalue weighted by atomic mass is 32.1. The van der Waals surface area contributed by atoms with Gasteiger partial charge >= 0.3 is 0 Å². The van der Waals surface area contributed by atoms with Crippen molar-refractivity contribution in [3.8, 4) is 5.75 Å². The SMILES string of the molecule is CCN(Cc1ccc(OC)cc1)C(=O)[C@@]1(c2cccs2)C[C@H]1CN. The first-order valence-electron chi connectivity index (χ1n) is 8.32. The molecule has 1 aromatic heterocycles. The number of likely N-dealkylation sites (N-methyl/N-ethyl adjacent to an activating group) is 1. The molecule has 4 nitrogen and oxygen atoms in total. The lowest BCUT2D eigenvalue weighted by atomic mass is 9.98. The smallest absolute Gasteiger partial charge is 0.234 e. The van der Waals surface area contributed by atoms with Crippen molar-refractivity contribution >= 4 is 17.2 Å². The zero-order valence-corrected chi connectivity index (χ0v) is 15.0. The van der Waals surface area contributed by atoms with Crippen molar-refractivity contribution in [2.75, 3.05) is 20.2 Å². The normalized spacial score (nSPS) is 22.2. The van der Waals surface area contributed by atoms with E-state index in [1.54, 1.807) is 18.4 Å². The predicted molar refractivity (Wildman–Crippen MR) is 97.2 cm³/mol. The molecule has 0 aliphatic heterocycles. The van der Waals surface area contributed by atoms with Crippen LogP contribution in [0.3, 0.4) is 0 Å². The third-order valence-electron chi connectivity index (χ3n) is 4.93. The number of carbonyl (C=O) groups excluding carboxylic acids is 1. The Hall–Kier alpha value is -1.85. The van der Waals surface area contributed by atoms with Gasteiger partial charge in [0.1, 0.15) is 5.75 Å². The van der Waals surface area contributed by atoms with Gasteiger partial charge in [0.05, 0.1) is 12.5 Å². The average molecular weight is 344 g/mol. The van der Waals surface area contributed by atoms with E-state index in [4.69, 9.17) is 10.5 Å². The van der Waals surface area contributed by atoms with Crippen molar-refractivity contribution < 1.29 is 9.53 Å². The van der Waals surface area contributed by atoms with Crippen LogP contribution >= 0.6 is 11.3 Å². The van der Waals surface area contributed by atoms with E-state index in [9.17, 15) is 4.79 Å². The Kier molecular flexibility index (Phi) is 4.92. The summed E-state index contributed by atoms with van der Waals surface area (Å²) < 4.78 is 5.20. The van der Waals surface area contributed by atoms with E-state index in [0.29, 0.717) is 19.6 Å². The van der Waals surface area contributed by atoms with Crippen molar-refractivity contribution in [2.45, 2.75) is 25.3 Å². The van der Waals surface area contributed by atoms with E-state index in [0.717, 1.165) is 22.6 Å². The van der Waals surface area contributed by atoms with Crippen molar-refractivity contribution in [2.24, 2.45) is 11.7 Å². The molecule has 0 unspecified atom stereocenters. The van der Waals surface area contributed by atoms with Gasteiger partial charge in [0, 0.05) is 18.0 Å². The Balaban J connectivity index is 1.80. The van der Waals surface area contributed by atoms with Crippen LogP contribution in [0.25, 0.3) is 0 Å². The van der Waals surface area contributed by atoms with Gasteiger partial charge in [-0.05, 0) is 54.9 Å². The molecule has 1 aliphatic carbocycles. The maximum atomic E-state index is 13.3. The summed E-state index contributed by atoms with van der Waals surface area (Å²) in [5.74, 6) is 1.29. The number of nitrogens with two attached hydrogens (primary N) is 1. The maximum Gasteiger partial charge on any atom is 0.234 e. The first-order chi connectivity index (χ1) is 11.7. The monoisotopic (exact) mass is 344 g/mol. The largest absolute Gasteiger partial charge is 0.497 e. The van der Waals surface area contributed by atoms with Gasteiger partial charge in [-0.3, -0.25) is 4.79 Å². The molecule has 1 amide bonds. The quantitative estimate of drug-likeness (QED) is 0.840. The molecule has 2 N–H and O–H groups in total. The summed E-state index contributed by atoms with van der Waals surface area (Å²) in [6.07, 6.45) is 0.863. The molecule has 0 saturated heterocycles. The molecule has 1 saturated carbocycles. The number of nitrogens with zero attached hydrogens (tertiary/aromatic N) is 1. The molecular formula is C19H24N2O2S. The highest BCUT2D eigenvalue weighted by Crippen LogP contribution is 2.56. The molecule has 0 bridgehead atoms. The van der Waals surface area contributed by atoms with Crippen LogP contribution in [0.5, 0.6) is 5.75 Å². The number of thiophene rings is 1. The number of rotatable bonds is 7. The third kappa shape index (κ3) is 2.94. The first kappa shape index (κ1) is 17.0. The van der Waals surface area contributed by atoms with Gasteiger partial charge in [-0.1, -0.05) is 18.2 Å². The minimum atomic E-state index is -0.397. The molecule has 1 aliphatic rings. The topological polar surface area (TPSA) is 55.6 Å². The minimum absolute atomic E-state index is 0.207. The Morgan fingerprint density at radius 2 is 2.12 bits per heavy atom. The predicted octanol–water partition coefficient (Wildman–Crippen LogP) is 3.02. The highest BCUT2D eigenvalue weighted by Gasteiger charge is 2.61. The van der Waals surface area contributed by atoms with Crippen LogP contribution in [0.1, 0.15) is 23.8 Å². The molecule has 24 heavy (non-hydrogen) atoms. The lowest BCUT2D eigenvalue weighted by molar-refractivity contribution is -0.134. The van der Waals surface area contributed by atoms with Crippen molar-refractivity contribution in [1.29, 1.82) is 0 Å². The molecule has 1 fully saturated rings. The van der Waals surface area contributed by atoms with Crippen molar-refractivity contribution in [3.05, 3.63) is 52.2 Å². The zero-order chi connectivity index (χ0) is 17.2. The van der Waals surface area contributed by atoms with Crippen LogP contribution in [0.15, 0.2) is 41.8 Å². The third-order valence-corrected chi connectivity index (χ3v) is 5.98. The second kappa shape index (κ2) is 6.95. The van der Waals surface area contributed by atoms with E-state index in [2.05, 4.69) is 6.07 Å². The van der Waals surface area contributed by atoms with E-state index < -0.39 is 5.41 Å². The number of benzene rings is 1. The number of amides is 1. The Morgan fingerprint density at radius 3 is 2.62 bits per heavy atom. The van der Waals surface area contributed by atoms with Crippen molar-refractivity contribution in [3.63, 3.8) is 0 Å². The van der Waals surface area contributed by atoms with Crippen LogP contribution in [0, 0.1) is 5.92 Å². The van der Waals surface area contributed by atoms with Gasteiger partial charge in [-0.25, -0.2) is 0 Å². The molecule has 3 rings (SSSR count). The minimum Gasteiger partial charge on any atom is -0.497 e. The fourth-order valence-corrected chi connectivity index (χ4v) is 4.38. The van der Waals surface area contributed by atoms with Crippen LogP contribution in [-0.2, 0) is 16.8 Å². The lowest BCUT2D eigenvalue weighted by Gasteiger charge is -2.27. The highest BCUT2D eigenvalue weighted by molar-refractivity contribution is 7.10. The number of hydrogen-bond donors (Lipinski definition) is 1. The zero-order valence-electron chi connectivity index (χ0n) is 14.2. The summed E-state index contributed by atoms with van der Waals surface area (Å²) in [5.41, 5.74) is 6.61. The first-order valence-corrected chi connectivity index (χ1v) is 9.20. The molecule has 0 spiro atoms. The molecular weight excluding hydrogens is 320 g/mol. The summed E-state index contributed by atoms with van der Waals surface area (Å²) >= 11 is 1.66. The Labute approximate surface area is 147 Å². The van der Waals surface area contributed by atoms with E-state index in [1.165, 1.54) is 0 Å². The number of ether oxygens (including phenoxy) is 1. The second-order valence-electron chi connectivity index (χ2n) is 6.25. The second-order valence-corrected chi connectivity index (χ2v) is 7.20. The summed E-state index contributed by atoms with van der Waals surface area (Å²) in [7, 11) is 1.65. The molecule has 2 aromatic rings. The van der Waals surface area contributed by atoms with Crippen LogP contribution in [-0.4, -0.2) is 31.0 Å². The maximum absolute atomic E-state index is 13.3. The van der Waals surface area contributed by atoms with Crippen LogP contribution in [0.4, 0.5) is 0 Å². The molecule has 5 heteroatoms. The number of hydrogen-bond acceptors (Lipinski definition) is 4. The molecule has 1 aromatic carbocycles. The van der Waals surface area contributed by atoms with E-state index >= 15 is 0 Å². The van der Waals surface area contributed by atoms with Crippen molar-refractivity contribution in [1.82, 2.24) is 4.90 Å². The van der Waals surface area contributed by atoms with Crippen LogP contribution < -0.4 is 10.5 Å². The fraction of sp³-hybridized carbons (Fsp3) is 0.421. The molecule has 0 radical (unpaired) electrons. The number of methoxy groups -OCH3 is 1. The van der Waals surface area contributed by atoms with Gasteiger partial charge < -0.3 is 15.4 Å². The van der Waals surface area contributed by atoms with Gasteiger partial charge in [0.15, 0.2) is 0 Å². The lowest BCUT2D eigenvalue weighted by Crippen LogP contribution is -2.40. The molecule has 128 valence electrons. The van der Waals surface area contributed by atoms with Gasteiger partial charge in [0.2, 0.25) is 5.91 Å². The summed E-state index contributed by atoms with van der Waals surface area (Å²) in [5, 5.41) is 2.04. The van der Waals surface area contributed by atoms with Crippen LogP contribution in [0.2, 0.25) is 0 Å². The van der Waals surface area contributed by atoms with E-state index in [1.807, 2.05) is 47.5 Å². The Morgan fingerprint density at radius 1 is 1.38 bits per heavy atom. The van der Waals surface area contributed by atoms with Gasteiger partial charge in [-0.2, -0.15) is 0 Å². The molecule has 1 heterocycles. The summed E-state index contributed by atoms with van der Waals surface area (Å²) in [6, 6.07) is 12.0. The average Bonchev–Trinajstić information content (AvgIpc) is 3.11. The van der Waals surface area contributed by atoms with E-state index in [-0.39, 0.29) is 11.8 Å². The standard InChI is InChI=1S/C19H24N2O2S/c1-3-21(13-14-6-8-16(23-2)9-7-14)18(22)19(11-15(19)12-20)17-5-4-10-24-17/h4-10,15H,3,11-13,20H2,1-2H3/t15-,19-/m0/s1. The Bertz CT molecular complexity index is 684. The number of carbonyl (C=O) groups is 1.